The molecule has 10 rings (SSSR count). The molecule has 5 fully saturated rings. The Morgan fingerprint density at radius 1 is 0.867 bits per heavy atom. The van der Waals surface area contributed by atoms with E-state index in [1.807, 2.05) is 24.3 Å². The molecule has 6 aliphatic rings. The number of imide groups is 2. The third kappa shape index (κ3) is 7.83. The van der Waals surface area contributed by atoms with Crippen LogP contribution in [-0.2, 0) is 14.3 Å². The Morgan fingerprint density at radius 2 is 1.67 bits per heavy atom. The zero-order valence-electron chi connectivity index (χ0n) is 34.1. The third-order valence-electron chi connectivity index (χ3n) is 13.4. The minimum Gasteiger partial charge on any atom is -0.488 e. The summed E-state index contributed by atoms with van der Waals surface area (Å²) in [5.74, 6) is 0.436. The lowest BCUT2D eigenvalue weighted by Crippen LogP contribution is -2.54. The molecule has 5 aliphatic heterocycles. The van der Waals surface area contributed by atoms with Crippen LogP contribution < -0.4 is 19.9 Å². The molecule has 318 valence electrons. The fourth-order valence-corrected chi connectivity index (χ4v) is 9.48. The number of anilines is 2. The Hall–Kier alpha value is -5.45. The monoisotopic (exact) mass is 820 g/mol. The molecule has 1 saturated carbocycles. The maximum Gasteiger partial charge on any atom is 0.262 e. The van der Waals surface area contributed by atoms with Crippen LogP contribution in [-0.4, -0.2) is 148 Å². The number of hydrogen-bond donors (Lipinski definition) is 2. The first-order valence-corrected chi connectivity index (χ1v) is 21.6. The molecule has 2 aromatic carbocycles. The van der Waals surface area contributed by atoms with Gasteiger partial charge in [-0.3, -0.25) is 34.5 Å². The summed E-state index contributed by atoms with van der Waals surface area (Å²) in [4.78, 5) is 70.7. The number of morpholine rings is 1. The van der Waals surface area contributed by atoms with E-state index in [4.69, 9.17) is 9.47 Å². The standard InChI is InChI=1S/C44H52N10O6.2H2/c1-44(11-12-44)60-30-3-5-35-34(23-30)40(49-48-35)36-24-38(46-27-45-36)53-20-21-59-31(26-53)10-13-50-16-18-51(19-17-50)25-28-8-14-52(15-9-28)29-2-4-32-33(22-29)43(58)54(42(32)57)37-6-7-39(55)47-41(37)56;;/h2-5,22-24,27-28,31,37H,6-21,25-26H2,1H3,(H,48,49)(H,47,55,56);2*1H/t31-,37?;;/m0../s1. The number of amides is 4. The van der Waals surface area contributed by atoms with Gasteiger partial charge in [-0.25, -0.2) is 9.97 Å². The van der Waals surface area contributed by atoms with E-state index in [1.165, 1.54) is 0 Å². The first kappa shape index (κ1) is 38.7. The van der Waals surface area contributed by atoms with Crippen LogP contribution in [0.15, 0.2) is 48.8 Å². The van der Waals surface area contributed by atoms with Gasteiger partial charge in [0, 0.05) is 91.9 Å². The van der Waals surface area contributed by atoms with E-state index in [-0.39, 0.29) is 33.3 Å². The second kappa shape index (κ2) is 15.9. The Morgan fingerprint density at radius 3 is 2.47 bits per heavy atom. The van der Waals surface area contributed by atoms with Crippen molar-refractivity contribution in [3.05, 3.63) is 59.9 Å². The van der Waals surface area contributed by atoms with Gasteiger partial charge in [0.15, 0.2) is 0 Å². The molecule has 2 N–H and O–H groups in total. The Balaban J connectivity index is 0.00000264. The highest BCUT2D eigenvalue weighted by Gasteiger charge is 2.45. The zero-order valence-corrected chi connectivity index (χ0v) is 34.1. The van der Waals surface area contributed by atoms with Crippen LogP contribution in [0.4, 0.5) is 11.5 Å². The molecule has 2 atom stereocenters. The maximum absolute atomic E-state index is 13.4. The number of nitrogens with one attached hydrogen (secondary N) is 2. The molecule has 16 heteroatoms. The second-order valence-corrected chi connectivity index (χ2v) is 17.6. The van der Waals surface area contributed by atoms with Crippen LogP contribution in [0.3, 0.4) is 0 Å². The van der Waals surface area contributed by atoms with Gasteiger partial charge in [0.2, 0.25) is 11.8 Å². The van der Waals surface area contributed by atoms with Crippen LogP contribution in [0.1, 0.15) is 75.4 Å². The fourth-order valence-electron chi connectivity index (χ4n) is 9.48. The molecule has 16 nitrogen and oxygen atoms in total. The van der Waals surface area contributed by atoms with E-state index in [9.17, 15) is 19.2 Å². The third-order valence-corrected chi connectivity index (χ3v) is 13.4. The molecule has 2 aromatic heterocycles. The normalized spacial score (nSPS) is 24.0. The molecule has 0 bridgehead atoms. The van der Waals surface area contributed by atoms with Gasteiger partial charge in [0.25, 0.3) is 11.8 Å². The van der Waals surface area contributed by atoms with Crippen molar-refractivity contribution in [3.8, 4) is 17.1 Å². The van der Waals surface area contributed by atoms with Gasteiger partial charge in [-0.2, -0.15) is 5.10 Å². The molecule has 1 aliphatic carbocycles. The van der Waals surface area contributed by atoms with Gasteiger partial charge in [0.05, 0.1) is 35.0 Å². The van der Waals surface area contributed by atoms with Crippen LogP contribution in [0.5, 0.6) is 5.75 Å². The van der Waals surface area contributed by atoms with Gasteiger partial charge in [-0.15, -0.1) is 0 Å². The SMILES string of the molecule is CC1(Oc2ccc3[nH]nc(-c4cc(N5CCO[C@@H](CCN6CCN(CC7CCN(c8ccc9c(c8)C(=O)N(C8CCC(=O)NC8=O)C9=O)CC7)CC6)C5)ncn4)c3c2)CC1.[HH].[HH]. The molecule has 60 heavy (non-hydrogen) atoms. The van der Waals surface area contributed by atoms with Crippen molar-refractivity contribution < 1.29 is 31.5 Å². The first-order chi connectivity index (χ1) is 29.2. The number of carbonyl (C=O) groups excluding carboxylic acids is 4. The first-order valence-electron chi connectivity index (χ1n) is 21.6. The summed E-state index contributed by atoms with van der Waals surface area (Å²) in [5, 5.41) is 11.0. The van der Waals surface area contributed by atoms with Gasteiger partial charge in [-0.1, -0.05) is 0 Å². The quantitative estimate of drug-likeness (QED) is 0.209. The highest BCUT2D eigenvalue weighted by atomic mass is 16.5. The Labute approximate surface area is 351 Å². The molecule has 4 amide bonds. The van der Waals surface area contributed by atoms with E-state index in [1.54, 1.807) is 18.5 Å². The average Bonchev–Trinajstić information content (AvgIpc) is 3.75. The van der Waals surface area contributed by atoms with Crippen molar-refractivity contribution in [3.63, 3.8) is 0 Å². The minimum absolute atomic E-state index is 0. The number of piperazine rings is 1. The number of hydrogen-bond acceptors (Lipinski definition) is 13. The van der Waals surface area contributed by atoms with Crippen molar-refractivity contribution >= 4 is 46.0 Å². The number of ether oxygens (including phenoxy) is 2. The van der Waals surface area contributed by atoms with E-state index >= 15 is 0 Å². The van der Waals surface area contributed by atoms with Crippen LogP contribution in [0, 0.1) is 5.92 Å². The summed E-state index contributed by atoms with van der Waals surface area (Å²) in [6, 6.07) is 12.6. The number of aromatic amines is 1. The smallest absolute Gasteiger partial charge is 0.262 e. The molecule has 4 saturated heterocycles. The number of aromatic nitrogens is 4. The number of fused-ring (bicyclic) bond motifs is 2. The van der Waals surface area contributed by atoms with Crippen molar-refractivity contribution in [1.29, 1.82) is 0 Å². The number of carbonyl (C=O) groups is 4. The van der Waals surface area contributed by atoms with Crippen LogP contribution >= 0.6 is 0 Å². The lowest BCUT2D eigenvalue weighted by atomic mass is 9.95. The summed E-state index contributed by atoms with van der Waals surface area (Å²) < 4.78 is 12.5. The summed E-state index contributed by atoms with van der Waals surface area (Å²) in [6.45, 7) is 12.4. The largest absolute Gasteiger partial charge is 0.488 e. The summed E-state index contributed by atoms with van der Waals surface area (Å²) in [7, 11) is 0. The van der Waals surface area contributed by atoms with E-state index in [0.29, 0.717) is 23.7 Å². The zero-order chi connectivity index (χ0) is 41.0. The van der Waals surface area contributed by atoms with Crippen molar-refractivity contribution in [2.75, 3.05) is 81.9 Å². The second-order valence-electron chi connectivity index (χ2n) is 17.6. The highest BCUT2D eigenvalue weighted by molar-refractivity contribution is 6.23. The van der Waals surface area contributed by atoms with E-state index in [2.05, 4.69) is 58.1 Å². The summed E-state index contributed by atoms with van der Waals surface area (Å²) in [6.07, 6.45) is 7.26. The van der Waals surface area contributed by atoms with Crippen molar-refractivity contribution in [2.45, 2.75) is 69.6 Å². The molecule has 7 heterocycles. The number of H-pyrrole nitrogens is 1. The number of piperidine rings is 2. The van der Waals surface area contributed by atoms with Crippen molar-refractivity contribution in [1.82, 2.24) is 40.2 Å². The minimum atomic E-state index is -0.958. The molecule has 4 aromatic rings. The predicted molar refractivity (Wildman–Crippen MR) is 227 cm³/mol. The summed E-state index contributed by atoms with van der Waals surface area (Å²) in [5.41, 5.74) is 4.04. The lowest BCUT2D eigenvalue weighted by molar-refractivity contribution is -0.136. The molecular formula is C44H56N10O6. The van der Waals surface area contributed by atoms with E-state index in [0.717, 1.165) is 142 Å². The molecule has 0 spiro atoms. The predicted octanol–water partition coefficient (Wildman–Crippen LogP) is 3.97. The van der Waals surface area contributed by atoms with E-state index < -0.39 is 23.8 Å². The highest BCUT2D eigenvalue weighted by Crippen LogP contribution is 2.41. The molecule has 1 unspecified atom stereocenters. The molecule has 0 radical (unpaired) electrons. The maximum atomic E-state index is 13.4. The van der Waals surface area contributed by atoms with Gasteiger partial charge < -0.3 is 29.1 Å². The Bertz CT molecular complexity index is 2330. The summed E-state index contributed by atoms with van der Waals surface area (Å²) >= 11 is 0. The van der Waals surface area contributed by atoms with Gasteiger partial charge in [-0.05, 0) is 87.8 Å². The number of nitrogens with zero attached hydrogens (tertiary/aromatic N) is 8. The number of benzene rings is 2. The molecular weight excluding hydrogens is 765 g/mol. The fraction of sp³-hybridized carbons (Fsp3) is 0.523. The number of rotatable bonds is 11. The van der Waals surface area contributed by atoms with Gasteiger partial charge >= 0.3 is 0 Å². The topological polar surface area (TPSA) is 169 Å². The van der Waals surface area contributed by atoms with Gasteiger partial charge in [0.1, 0.15) is 35.2 Å². The van der Waals surface area contributed by atoms with Crippen molar-refractivity contribution in [2.24, 2.45) is 5.92 Å². The van der Waals surface area contributed by atoms with Crippen LogP contribution in [0.2, 0.25) is 0 Å². The lowest BCUT2D eigenvalue weighted by Gasteiger charge is -2.40. The van der Waals surface area contributed by atoms with Crippen LogP contribution in [0.25, 0.3) is 22.3 Å². The Kier molecular flexibility index (Phi) is 10.2. The average molecular weight is 821 g/mol.